The highest BCUT2D eigenvalue weighted by molar-refractivity contribution is 6.08. The van der Waals surface area contributed by atoms with Gasteiger partial charge < -0.3 is 16.4 Å². The van der Waals surface area contributed by atoms with Crippen molar-refractivity contribution in [3.8, 4) is 0 Å². The number of carbonyl (C=O) groups is 2. The summed E-state index contributed by atoms with van der Waals surface area (Å²) in [5.41, 5.74) is 6.31. The number of hydrogen-bond donors (Lipinski definition) is 3. The van der Waals surface area contributed by atoms with Crippen molar-refractivity contribution in [1.82, 2.24) is 15.6 Å². The van der Waals surface area contributed by atoms with Gasteiger partial charge in [-0.2, -0.15) is 0 Å². The third kappa shape index (κ3) is 2.65. The topological polar surface area (TPSA) is 97.1 Å². The first kappa shape index (κ1) is 13.4. The molecule has 0 bridgehead atoms. The smallest absolute Gasteiger partial charge is 0.253 e. The van der Waals surface area contributed by atoms with E-state index in [1.165, 1.54) is 6.20 Å². The molecule has 1 atom stereocenters. The maximum atomic E-state index is 12.3. The molecule has 21 heavy (non-hydrogen) atoms. The minimum absolute atomic E-state index is 0.00875. The maximum Gasteiger partial charge on any atom is 0.253 e. The Kier molecular flexibility index (Phi) is 3.43. The van der Waals surface area contributed by atoms with Gasteiger partial charge in [0.2, 0.25) is 5.91 Å². The molecule has 1 aliphatic heterocycles. The van der Waals surface area contributed by atoms with Crippen LogP contribution in [-0.4, -0.2) is 29.4 Å². The molecule has 2 heterocycles. The highest BCUT2D eigenvalue weighted by atomic mass is 16.2. The Morgan fingerprint density at radius 2 is 2.14 bits per heavy atom. The molecule has 0 saturated carbocycles. The van der Waals surface area contributed by atoms with Crippen LogP contribution in [0.4, 0.5) is 5.82 Å². The van der Waals surface area contributed by atoms with E-state index in [4.69, 9.17) is 5.73 Å². The number of carbonyl (C=O) groups excluding carboxylic acids is 2. The number of amides is 2. The van der Waals surface area contributed by atoms with Crippen molar-refractivity contribution in [3.63, 3.8) is 0 Å². The Hall–Kier alpha value is -2.63. The highest BCUT2D eigenvalue weighted by Gasteiger charge is 2.21. The van der Waals surface area contributed by atoms with Gasteiger partial charge in [-0.15, -0.1) is 0 Å². The van der Waals surface area contributed by atoms with E-state index in [9.17, 15) is 9.59 Å². The van der Waals surface area contributed by atoms with Crippen LogP contribution in [-0.2, 0) is 4.79 Å². The SMILES string of the molecule is Nc1ncc(C(=O)NCC2CCC(=O)N2)c2ccccc12. The first-order valence-electron chi connectivity index (χ1n) is 6.86. The van der Waals surface area contributed by atoms with Crippen LogP contribution < -0.4 is 16.4 Å². The third-order valence-electron chi connectivity index (χ3n) is 3.66. The Labute approximate surface area is 121 Å². The highest BCUT2D eigenvalue weighted by Crippen LogP contribution is 2.22. The van der Waals surface area contributed by atoms with E-state index in [1.54, 1.807) is 0 Å². The number of aromatic nitrogens is 1. The lowest BCUT2D eigenvalue weighted by Gasteiger charge is -2.12. The van der Waals surface area contributed by atoms with Crippen LogP contribution in [0, 0.1) is 0 Å². The minimum Gasteiger partial charge on any atom is -0.383 e. The van der Waals surface area contributed by atoms with E-state index in [2.05, 4.69) is 15.6 Å². The number of rotatable bonds is 3. The van der Waals surface area contributed by atoms with Gasteiger partial charge in [0.25, 0.3) is 5.91 Å². The largest absolute Gasteiger partial charge is 0.383 e. The van der Waals surface area contributed by atoms with Gasteiger partial charge in [-0.05, 0) is 11.8 Å². The second-order valence-electron chi connectivity index (χ2n) is 5.12. The zero-order chi connectivity index (χ0) is 14.8. The zero-order valence-corrected chi connectivity index (χ0v) is 11.4. The van der Waals surface area contributed by atoms with Crippen LogP contribution >= 0.6 is 0 Å². The molecule has 0 radical (unpaired) electrons. The Morgan fingerprint density at radius 1 is 1.38 bits per heavy atom. The molecule has 1 aliphatic rings. The number of anilines is 1. The Balaban J connectivity index is 1.79. The fourth-order valence-electron chi connectivity index (χ4n) is 2.54. The summed E-state index contributed by atoms with van der Waals surface area (Å²) in [7, 11) is 0. The lowest BCUT2D eigenvalue weighted by atomic mass is 10.1. The van der Waals surface area contributed by atoms with Crippen molar-refractivity contribution >= 4 is 28.4 Å². The van der Waals surface area contributed by atoms with E-state index in [-0.39, 0.29) is 17.9 Å². The van der Waals surface area contributed by atoms with Gasteiger partial charge in [-0.1, -0.05) is 24.3 Å². The monoisotopic (exact) mass is 284 g/mol. The molecule has 1 aromatic carbocycles. The van der Waals surface area contributed by atoms with Crippen molar-refractivity contribution in [2.75, 3.05) is 12.3 Å². The van der Waals surface area contributed by atoms with Crippen LogP contribution in [0.5, 0.6) is 0 Å². The van der Waals surface area contributed by atoms with E-state index >= 15 is 0 Å². The molecule has 2 amide bonds. The summed E-state index contributed by atoms with van der Waals surface area (Å²) in [6.45, 7) is 0.420. The summed E-state index contributed by atoms with van der Waals surface area (Å²) in [5.74, 6) is 0.235. The van der Waals surface area contributed by atoms with E-state index in [0.29, 0.717) is 24.3 Å². The lowest BCUT2D eigenvalue weighted by molar-refractivity contribution is -0.119. The van der Waals surface area contributed by atoms with Crippen molar-refractivity contribution in [2.45, 2.75) is 18.9 Å². The molecule has 1 saturated heterocycles. The van der Waals surface area contributed by atoms with Gasteiger partial charge in [0.05, 0.1) is 5.56 Å². The Bertz CT molecular complexity index is 714. The summed E-state index contributed by atoms with van der Waals surface area (Å²) in [6, 6.07) is 7.41. The van der Waals surface area contributed by atoms with Crippen molar-refractivity contribution in [3.05, 3.63) is 36.0 Å². The quantitative estimate of drug-likeness (QED) is 0.777. The maximum absolute atomic E-state index is 12.3. The molecule has 1 unspecified atom stereocenters. The van der Waals surface area contributed by atoms with Gasteiger partial charge in [0.15, 0.2) is 0 Å². The van der Waals surface area contributed by atoms with Gasteiger partial charge >= 0.3 is 0 Å². The molecule has 108 valence electrons. The molecule has 6 heteroatoms. The average Bonchev–Trinajstić information content (AvgIpc) is 2.91. The van der Waals surface area contributed by atoms with Gasteiger partial charge in [0, 0.05) is 30.6 Å². The number of nitrogens with two attached hydrogens (primary N) is 1. The van der Waals surface area contributed by atoms with Gasteiger partial charge in [-0.25, -0.2) is 4.98 Å². The van der Waals surface area contributed by atoms with Crippen LogP contribution in [0.2, 0.25) is 0 Å². The summed E-state index contributed by atoms with van der Waals surface area (Å²) >= 11 is 0. The molecule has 4 N–H and O–H groups in total. The molecule has 3 rings (SSSR count). The van der Waals surface area contributed by atoms with Crippen molar-refractivity contribution in [2.24, 2.45) is 0 Å². The number of benzene rings is 1. The first-order chi connectivity index (χ1) is 10.1. The van der Waals surface area contributed by atoms with E-state index in [0.717, 1.165) is 17.2 Å². The lowest BCUT2D eigenvalue weighted by Crippen LogP contribution is -2.38. The number of nitrogens with one attached hydrogen (secondary N) is 2. The molecule has 6 nitrogen and oxygen atoms in total. The fraction of sp³-hybridized carbons (Fsp3) is 0.267. The van der Waals surface area contributed by atoms with Crippen molar-refractivity contribution < 1.29 is 9.59 Å². The fourth-order valence-corrected chi connectivity index (χ4v) is 2.54. The normalized spacial score (nSPS) is 17.7. The number of nitrogen functional groups attached to an aromatic ring is 1. The molecule has 2 aromatic rings. The van der Waals surface area contributed by atoms with E-state index < -0.39 is 0 Å². The van der Waals surface area contributed by atoms with Gasteiger partial charge in [0.1, 0.15) is 5.82 Å². The second kappa shape index (κ2) is 5.40. The van der Waals surface area contributed by atoms with Crippen LogP contribution in [0.15, 0.2) is 30.5 Å². The van der Waals surface area contributed by atoms with Gasteiger partial charge in [-0.3, -0.25) is 9.59 Å². The molecule has 1 aromatic heterocycles. The molecular weight excluding hydrogens is 268 g/mol. The summed E-state index contributed by atoms with van der Waals surface area (Å²) in [5, 5.41) is 7.20. The van der Waals surface area contributed by atoms with Crippen LogP contribution in [0.1, 0.15) is 23.2 Å². The van der Waals surface area contributed by atoms with E-state index in [1.807, 2.05) is 24.3 Å². The van der Waals surface area contributed by atoms with Crippen LogP contribution in [0.25, 0.3) is 10.8 Å². The summed E-state index contributed by atoms with van der Waals surface area (Å²) < 4.78 is 0. The molecule has 0 aliphatic carbocycles. The summed E-state index contributed by atoms with van der Waals surface area (Å²) in [6.07, 6.45) is 2.76. The average molecular weight is 284 g/mol. The standard InChI is InChI=1S/C15H16N4O2/c16-14-11-4-2-1-3-10(11)12(8-17-14)15(21)18-7-9-5-6-13(20)19-9/h1-4,8-9H,5-7H2,(H2,16,17)(H,18,21)(H,19,20). The molecular formula is C15H16N4O2. The first-order valence-corrected chi connectivity index (χ1v) is 6.86. The predicted molar refractivity (Wildman–Crippen MR) is 79.7 cm³/mol. The third-order valence-corrected chi connectivity index (χ3v) is 3.66. The zero-order valence-electron chi connectivity index (χ0n) is 11.4. The number of pyridine rings is 1. The number of fused-ring (bicyclic) bond motifs is 1. The molecule has 0 spiro atoms. The Morgan fingerprint density at radius 3 is 2.86 bits per heavy atom. The molecule has 1 fully saturated rings. The number of hydrogen-bond acceptors (Lipinski definition) is 4. The number of nitrogens with zero attached hydrogens (tertiary/aromatic N) is 1. The summed E-state index contributed by atoms with van der Waals surface area (Å²) in [4.78, 5) is 27.5. The minimum atomic E-state index is -0.208. The second-order valence-corrected chi connectivity index (χ2v) is 5.12. The van der Waals surface area contributed by atoms with Crippen LogP contribution in [0.3, 0.4) is 0 Å². The predicted octanol–water partition coefficient (Wildman–Crippen LogP) is 0.825. The van der Waals surface area contributed by atoms with Crippen molar-refractivity contribution in [1.29, 1.82) is 0 Å².